The maximum atomic E-state index is 13.6. The Labute approximate surface area is 257 Å². The number of hydrogen-bond donors (Lipinski definition) is 1. The number of Topliss-reactive ketones (excluding diaryl/α,β-unsaturated/α-hetero) is 1. The zero-order valence-corrected chi connectivity index (χ0v) is 25.2. The van der Waals surface area contributed by atoms with Gasteiger partial charge in [0.2, 0.25) is 0 Å². The molecule has 2 fully saturated rings. The second-order valence-corrected chi connectivity index (χ2v) is 11.4. The Kier molecular flexibility index (Phi) is 8.86. The van der Waals surface area contributed by atoms with Crippen LogP contribution in [0.15, 0.2) is 72.3 Å². The first-order chi connectivity index (χ1) is 21.4. The van der Waals surface area contributed by atoms with Crippen molar-refractivity contribution >= 4 is 17.4 Å². The number of fused-ring (bicyclic) bond motifs is 1. The van der Waals surface area contributed by atoms with Crippen molar-refractivity contribution < 1.29 is 33.6 Å². The lowest BCUT2D eigenvalue weighted by molar-refractivity contribution is -0.140. The maximum absolute atomic E-state index is 13.6. The minimum Gasteiger partial charge on any atom is -0.507 e. The van der Waals surface area contributed by atoms with Gasteiger partial charge in [-0.1, -0.05) is 36.4 Å². The Morgan fingerprint density at radius 2 is 1.77 bits per heavy atom. The summed E-state index contributed by atoms with van der Waals surface area (Å²) in [4.78, 5) is 31.1. The minimum absolute atomic E-state index is 0.0366. The van der Waals surface area contributed by atoms with Crippen LogP contribution in [-0.4, -0.2) is 79.2 Å². The molecule has 3 aromatic carbocycles. The zero-order chi connectivity index (χ0) is 30.6. The summed E-state index contributed by atoms with van der Waals surface area (Å²) in [6, 6.07) is 19.8. The number of rotatable bonds is 10. The van der Waals surface area contributed by atoms with Crippen LogP contribution in [0.25, 0.3) is 5.76 Å². The van der Waals surface area contributed by atoms with Gasteiger partial charge in [0.25, 0.3) is 11.7 Å². The summed E-state index contributed by atoms with van der Waals surface area (Å²) < 4.78 is 23.1. The average molecular weight is 599 g/mol. The van der Waals surface area contributed by atoms with Crippen LogP contribution in [0.4, 0.5) is 0 Å². The van der Waals surface area contributed by atoms with E-state index >= 15 is 0 Å². The number of hydrogen-bond acceptors (Lipinski definition) is 8. The smallest absolute Gasteiger partial charge is 0.295 e. The molecule has 3 aliphatic rings. The number of morpholine rings is 1. The van der Waals surface area contributed by atoms with E-state index in [0.29, 0.717) is 61.8 Å². The average Bonchev–Trinajstić information content (AvgIpc) is 3.55. The van der Waals surface area contributed by atoms with Crippen molar-refractivity contribution in [2.24, 2.45) is 0 Å². The Bertz CT molecular complexity index is 1550. The molecule has 0 spiro atoms. The molecule has 1 amide bonds. The maximum Gasteiger partial charge on any atom is 0.295 e. The number of nitrogens with zero attached hydrogens (tertiary/aromatic N) is 2. The molecule has 9 nitrogen and oxygen atoms in total. The Hall–Kier alpha value is -4.34. The third-order valence-corrected chi connectivity index (χ3v) is 8.43. The van der Waals surface area contributed by atoms with Gasteiger partial charge in [-0.25, -0.2) is 0 Å². The van der Waals surface area contributed by atoms with Crippen LogP contribution in [0.3, 0.4) is 0 Å². The van der Waals surface area contributed by atoms with Crippen LogP contribution in [0.1, 0.15) is 41.6 Å². The van der Waals surface area contributed by atoms with E-state index in [4.69, 9.17) is 18.9 Å². The topological polar surface area (TPSA) is 97.8 Å². The van der Waals surface area contributed by atoms with Crippen LogP contribution < -0.4 is 14.2 Å². The number of amides is 1. The summed E-state index contributed by atoms with van der Waals surface area (Å²) in [6.07, 6.45) is 1.42. The largest absolute Gasteiger partial charge is 0.507 e. The third-order valence-electron chi connectivity index (χ3n) is 8.43. The van der Waals surface area contributed by atoms with Crippen LogP contribution in [0.5, 0.6) is 17.2 Å². The van der Waals surface area contributed by atoms with Gasteiger partial charge in [0.1, 0.15) is 24.2 Å². The van der Waals surface area contributed by atoms with Gasteiger partial charge in [-0.2, -0.15) is 0 Å². The molecule has 230 valence electrons. The lowest BCUT2D eigenvalue weighted by Gasteiger charge is -2.29. The van der Waals surface area contributed by atoms with E-state index in [-0.39, 0.29) is 17.4 Å². The quantitative estimate of drug-likeness (QED) is 0.203. The summed E-state index contributed by atoms with van der Waals surface area (Å²) in [5.74, 6) is 0.255. The van der Waals surface area contributed by atoms with Crippen molar-refractivity contribution in [1.29, 1.82) is 0 Å². The summed E-state index contributed by atoms with van der Waals surface area (Å²) >= 11 is 0. The van der Waals surface area contributed by atoms with Gasteiger partial charge >= 0.3 is 0 Å². The molecule has 6 rings (SSSR count). The van der Waals surface area contributed by atoms with Crippen LogP contribution in [-0.2, 0) is 27.4 Å². The fourth-order valence-electron chi connectivity index (χ4n) is 6.18. The third kappa shape index (κ3) is 6.16. The number of aliphatic hydroxyl groups is 1. The fourth-order valence-corrected chi connectivity index (χ4v) is 6.18. The molecule has 0 bridgehead atoms. The van der Waals surface area contributed by atoms with E-state index in [1.165, 1.54) is 0 Å². The van der Waals surface area contributed by atoms with Gasteiger partial charge in [-0.3, -0.25) is 14.5 Å². The van der Waals surface area contributed by atoms with Crippen molar-refractivity contribution in [2.45, 2.75) is 38.5 Å². The molecule has 0 aromatic heterocycles. The molecule has 2 atom stereocenters. The Morgan fingerprint density at radius 1 is 0.977 bits per heavy atom. The van der Waals surface area contributed by atoms with Gasteiger partial charge in [0.05, 0.1) is 31.9 Å². The highest BCUT2D eigenvalue weighted by Gasteiger charge is 2.46. The number of carbonyl (C=O) groups excluding carboxylic acids is 2. The van der Waals surface area contributed by atoms with Gasteiger partial charge in [0.15, 0.2) is 11.5 Å². The zero-order valence-electron chi connectivity index (χ0n) is 25.2. The van der Waals surface area contributed by atoms with Gasteiger partial charge in [-0.15, -0.1) is 0 Å². The first kappa shape index (κ1) is 29.7. The van der Waals surface area contributed by atoms with E-state index in [1.807, 2.05) is 55.5 Å². The second kappa shape index (κ2) is 13.1. The van der Waals surface area contributed by atoms with Crippen molar-refractivity contribution in [3.63, 3.8) is 0 Å². The molecular weight excluding hydrogens is 560 g/mol. The summed E-state index contributed by atoms with van der Waals surface area (Å²) in [5.41, 5.74) is 3.17. The van der Waals surface area contributed by atoms with Crippen molar-refractivity contribution in [3.8, 4) is 17.2 Å². The fraction of sp³-hybridized carbons (Fsp3) is 0.371. The van der Waals surface area contributed by atoms with Crippen LogP contribution in [0, 0.1) is 0 Å². The Morgan fingerprint density at radius 3 is 2.55 bits per heavy atom. The van der Waals surface area contributed by atoms with Crippen molar-refractivity contribution in [1.82, 2.24) is 9.80 Å². The van der Waals surface area contributed by atoms with E-state index in [1.54, 1.807) is 30.2 Å². The highest BCUT2D eigenvalue weighted by molar-refractivity contribution is 6.46. The molecule has 0 unspecified atom stereocenters. The van der Waals surface area contributed by atoms with Gasteiger partial charge in [-0.05, 0) is 60.4 Å². The van der Waals surface area contributed by atoms with E-state index in [9.17, 15) is 14.7 Å². The number of ether oxygens (including phenoxy) is 4. The highest BCUT2D eigenvalue weighted by Crippen LogP contribution is 2.43. The first-order valence-corrected chi connectivity index (χ1v) is 15.2. The summed E-state index contributed by atoms with van der Waals surface area (Å²) in [7, 11) is 1.56. The molecule has 3 heterocycles. The minimum atomic E-state index is -0.791. The van der Waals surface area contributed by atoms with E-state index < -0.39 is 17.7 Å². The summed E-state index contributed by atoms with van der Waals surface area (Å²) in [5, 5.41) is 11.6. The standard InChI is InChI=1S/C35H38N2O7/c1-23-19-27-20-26(10-11-28(27)44-23)33(38)31-32(37(35(40)34(31)39)14-6-13-36-15-17-42-18-16-36)25-9-12-29(30(21-25)41-2)43-22-24-7-4-3-5-8-24/h3-5,7-12,20-21,23,32,38H,6,13-19,22H2,1-2H3/t23-,32-/m1/s1. The summed E-state index contributed by atoms with van der Waals surface area (Å²) in [6.45, 7) is 6.53. The molecule has 0 radical (unpaired) electrons. The first-order valence-electron chi connectivity index (χ1n) is 15.2. The monoisotopic (exact) mass is 598 g/mol. The number of aliphatic hydroxyl groups excluding tert-OH is 1. The van der Waals surface area contributed by atoms with Gasteiger partial charge < -0.3 is 29.0 Å². The lowest BCUT2D eigenvalue weighted by Crippen LogP contribution is -2.39. The number of benzene rings is 3. The van der Waals surface area contributed by atoms with Crippen LogP contribution in [0.2, 0.25) is 0 Å². The number of ketones is 1. The number of carbonyl (C=O) groups is 2. The molecule has 9 heteroatoms. The van der Waals surface area contributed by atoms with E-state index in [2.05, 4.69) is 4.90 Å². The Balaban J connectivity index is 1.34. The molecule has 0 saturated carbocycles. The predicted octanol–water partition coefficient (Wildman–Crippen LogP) is 4.74. The van der Waals surface area contributed by atoms with Crippen LogP contribution >= 0.6 is 0 Å². The van der Waals surface area contributed by atoms with Crippen molar-refractivity contribution in [2.75, 3.05) is 46.5 Å². The lowest BCUT2D eigenvalue weighted by atomic mass is 9.94. The number of methoxy groups -OCH3 is 1. The normalized spacial score (nSPS) is 21.3. The molecule has 0 aliphatic carbocycles. The highest BCUT2D eigenvalue weighted by atomic mass is 16.5. The van der Waals surface area contributed by atoms with Gasteiger partial charge in [0, 0.05) is 38.2 Å². The molecule has 3 aliphatic heterocycles. The van der Waals surface area contributed by atoms with Crippen molar-refractivity contribution in [3.05, 3.63) is 94.6 Å². The molecule has 44 heavy (non-hydrogen) atoms. The SMILES string of the molecule is COc1cc([C@@H]2C(=C(O)c3ccc4c(c3)C[C@@H](C)O4)C(=O)C(=O)N2CCCN2CCOCC2)ccc1OCc1ccccc1. The predicted molar refractivity (Wildman–Crippen MR) is 165 cm³/mol. The number of likely N-dealkylation sites (tertiary alicyclic amines) is 1. The molecule has 1 N–H and O–H groups in total. The molecule has 3 aromatic rings. The molecule has 2 saturated heterocycles. The second-order valence-electron chi connectivity index (χ2n) is 11.4. The van der Waals surface area contributed by atoms with E-state index in [0.717, 1.165) is 36.5 Å². The molecular formula is C35H38N2O7.